The van der Waals surface area contributed by atoms with Crippen LogP contribution in [0.4, 0.5) is 5.82 Å². The zero-order valence-corrected chi connectivity index (χ0v) is 17.0. The van der Waals surface area contributed by atoms with Crippen LogP contribution in [0.5, 0.6) is 0 Å². The molecule has 1 atom stereocenters. The standard InChI is InChI=1S/C23H28N4O2/c1-18-5-4-12-27(17-18)23(29)20-9-7-19(8-10-20)22(28)26-15-13-25(14-16-26)21-6-2-3-11-24-21/h2-3,6-11,18H,4-5,12-17H2,1H3. The van der Waals surface area contributed by atoms with Crippen LogP contribution in [0.1, 0.15) is 40.5 Å². The Morgan fingerprint density at radius 3 is 2.10 bits per heavy atom. The highest BCUT2D eigenvalue weighted by Crippen LogP contribution is 2.19. The third kappa shape index (κ3) is 4.42. The predicted molar refractivity (Wildman–Crippen MR) is 113 cm³/mol. The number of likely N-dealkylation sites (tertiary alicyclic amines) is 1. The van der Waals surface area contributed by atoms with Gasteiger partial charge in [-0.15, -0.1) is 0 Å². The van der Waals surface area contributed by atoms with E-state index >= 15 is 0 Å². The molecule has 6 heteroatoms. The average molecular weight is 393 g/mol. The lowest BCUT2D eigenvalue weighted by Gasteiger charge is -2.35. The molecule has 29 heavy (non-hydrogen) atoms. The highest BCUT2D eigenvalue weighted by molar-refractivity contribution is 5.98. The predicted octanol–water partition coefficient (Wildman–Crippen LogP) is 2.92. The maximum atomic E-state index is 12.9. The van der Waals surface area contributed by atoms with Gasteiger partial charge in [0.2, 0.25) is 0 Å². The maximum absolute atomic E-state index is 12.9. The lowest BCUT2D eigenvalue weighted by Crippen LogP contribution is -2.49. The summed E-state index contributed by atoms with van der Waals surface area (Å²) in [4.78, 5) is 36.0. The highest BCUT2D eigenvalue weighted by Gasteiger charge is 2.24. The average Bonchev–Trinajstić information content (AvgIpc) is 2.79. The summed E-state index contributed by atoms with van der Waals surface area (Å²) in [6.45, 7) is 6.71. The minimum absolute atomic E-state index is 0.0243. The largest absolute Gasteiger partial charge is 0.353 e. The monoisotopic (exact) mass is 392 g/mol. The number of hydrogen-bond acceptors (Lipinski definition) is 4. The molecule has 2 fully saturated rings. The number of piperidine rings is 1. The molecule has 6 nitrogen and oxygen atoms in total. The van der Waals surface area contributed by atoms with Crippen LogP contribution < -0.4 is 4.90 Å². The molecule has 0 radical (unpaired) electrons. The summed E-state index contributed by atoms with van der Waals surface area (Å²) in [6, 6.07) is 13.0. The summed E-state index contributed by atoms with van der Waals surface area (Å²) in [6.07, 6.45) is 4.04. The summed E-state index contributed by atoms with van der Waals surface area (Å²) < 4.78 is 0. The van der Waals surface area contributed by atoms with Crippen molar-refractivity contribution in [3.05, 3.63) is 59.8 Å². The molecule has 4 rings (SSSR count). The molecule has 1 unspecified atom stereocenters. The number of benzene rings is 1. The molecule has 2 aliphatic rings. The number of aromatic nitrogens is 1. The van der Waals surface area contributed by atoms with Gasteiger partial charge in [0.25, 0.3) is 11.8 Å². The smallest absolute Gasteiger partial charge is 0.253 e. The molecule has 2 aliphatic heterocycles. The quantitative estimate of drug-likeness (QED) is 0.806. The van der Waals surface area contributed by atoms with E-state index in [1.165, 1.54) is 6.42 Å². The van der Waals surface area contributed by atoms with Gasteiger partial charge in [0.05, 0.1) is 0 Å². The van der Waals surface area contributed by atoms with Gasteiger partial charge >= 0.3 is 0 Å². The van der Waals surface area contributed by atoms with Crippen molar-refractivity contribution < 1.29 is 9.59 Å². The van der Waals surface area contributed by atoms with Gasteiger partial charge in [0.1, 0.15) is 5.82 Å². The Morgan fingerprint density at radius 2 is 1.52 bits per heavy atom. The van der Waals surface area contributed by atoms with Crippen molar-refractivity contribution in [2.45, 2.75) is 19.8 Å². The fourth-order valence-corrected chi connectivity index (χ4v) is 4.17. The number of pyridine rings is 1. The number of hydrogen-bond donors (Lipinski definition) is 0. The van der Waals surface area contributed by atoms with E-state index in [2.05, 4.69) is 16.8 Å². The van der Waals surface area contributed by atoms with Crippen LogP contribution in [-0.2, 0) is 0 Å². The maximum Gasteiger partial charge on any atom is 0.253 e. The van der Waals surface area contributed by atoms with Crippen LogP contribution >= 0.6 is 0 Å². The lowest BCUT2D eigenvalue weighted by molar-refractivity contribution is 0.0681. The Balaban J connectivity index is 1.35. The van der Waals surface area contributed by atoms with Crippen molar-refractivity contribution in [3.8, 4) is 0 Å². The van der Waals surface area contributed by atoms with Gasteiger partial charge in [-0.05, 0) is 55.2 Å². The van der Waals surface area contributed by atoms with Crippen molar-refractivity contribution in [3.63, 3.8) is 0 Å². The molecule has 0 spiro atoms. The van der Waals surface area contributed by atoms with E-state index in [1.54, 1.807) is 30.5 Å². The fraction of sp³-hybridized carbons (Fsp3) is 0.435. The van der Waals surface area contributed by atoms with Gasteiger partial charge < -0.3 is 14.7 Å². The van der Waals surface area contributed by atoms with Gasteiger partial charge in [-0.3, -0.25) is 9.59 Å². The van der Waals surface area contributed by atoms with Gasteiger partial charge in [-0.2, -0.15) is 0 Å². The third-order valence-corrected chi connectivity index (χ3v) is 5.86. The molecule has 0 bridgehead atoms. The van der Waals surface area contributed by atoms with Crippen LogP contribution in [-0.4, -0.2) is 65.9 Å². The number of amides is 2. The molecular weight excluding hydrogens is 364 g/mol. The van der Waals surface area contributed by atoms with Crippen LogP contribution in [0.25, 0.3) is 0 Å². The molecule has 0 N–H and O–H groups in total. The van der Waals surface area contributed by atoms with Gasteiger partial charge in [0, 0.05) is 56.6 Å². The number of carbonyl (C=O) groups is 2. The van der Waals surface area contributed by atoms with Crippen molar-refractivity contribution in [2.75, 3.05) is 44.2 Å². The summed E-state index contributed by atoms with van der Waals surface area (Å²) in [5.41, 5.74) is 1.30. The fourth-order valence-electron chi connectivity index (χ4n) is 4.17. The third-order valence-electron chi connectivity index (χ3n) is 5.86. The molecule has 1 aromatic carbocycles. The van der Waals surface area contributed by atoms with E-state index in [-0.39, 0.29) is 11.8 Å². The number of carbonyl (C=O) groups excluding carboxylic acids is 2. The second kappa shape index (κ2) is 8.64. The Hall–Kier alpha value is -2.89. The SMILES string of the molecule is CC1CCCN(C(=O)c2ccc(C(=O)N3CCN(c4ccccn4)CC3)cc2)C1. The molecular formula is C23H28N4O2. The van der Waals surface area contributed by atoms with Crippen molar-refractivity contribution in [2.24, 2.45) is 5.92 Å². The first-order chi connectivity index (χ1) is 14.1. The first-order valence-electron chi connectivity index (χ1n) is 10.5. The summed E-state index contributed by atoms with van der Waals surface area (Å²) in [5.74, 6) is 1.60. The van der Waals surface area contributed by atoms with Crippen LogP contribution in [0.2, 0.25) is 0 Å². The Bertz CT molecular complexity index is 845. The van der Waals surface area contributed by atoms with Gasteiger partial charge in [-0.25, -0.2) is 4.98 Å². The van der Waals surface area contributed by atoms with E-state index in [4.69, 9.17) is 0 Å². The summed E-state index contributed by atoms with van der Waals surface area (Å²) in [5, 5.41) is 0. The molecule has 152 valence electrons. The van der Waals surface area contributed by atoms with Crippen molar-refractivity contribution in [1.82, 2.24) is 14.8 Å². The van der Waals surface area contributed by atoms with E-state index in [9.17, 15) is 9.59 Å². The van der Waals surface area contributed by atoms with Gasteiger partial charge in [-0.1, -0.05) is 13.0 Å². The van der Waals surface area contributed by atoms with Crippen LogP contribution in [0, 0.1) is 5.92 Å². The van der Waals surface area contributed by atoms with Gasteiger partial charge in [0.15, 0.2) is 0 Å². The minimum atomic E-state index is 0.0243. The normalized spacial score (nSPS) is 19.9. The zero-order chi connectivity index (χ0) is 20.2. The summed E-state index contributed by atoms with van der Waals surface area (Å²) >= 11 is 0. The zero-order valence-electron chi connectivity index (χ0n) is 17.0. The molecule has 2 saturated heterocycles. The van der Waals surface area contributed by atoms with Crippen LogP contribution in [0.3, 0.4) is 0 Å². The van der Waals surface area contributed by atoms with Crippen molar-refractivity contribution in [1.29, 1.82) is 0 Å². The van der Waals surface area contributed by atoms with Crippen LogP contribution in [0.15, 0.2) is 48.7 Å². The van der Waals surface area contributed by atoms with E-state index in [1.807, 2.05) is 28.0 Å². The second-order valence-electron chi connectivity index (χ2n) is 8.04. The van der Waals surface area contributed by atoms with E-state index in [0.29, 0.717) is 30.1 Å². The summed E-state index contributed by atoms with van der Waals surface area (Å²) in [7, 11) is 0. The Kier molecular flexibility index (Phi) is 5.79. The first-order valence-corrected chi connectivity index (χ1v) is 10.5. The van der Waals surface area contributed by atoms with E-state index < -0.39 is 0 Å². The molecule has 2 amide bonds. The Morgan fingerprint density at radius 1 is 0.862 bits per heavy atom. The second-order valence-corrected chi connectivity index (χ2v) is 8.04. The Labute approximate surface area is 172 Å². The molecule has 0 aliphatic carbocycles. The number of nitrogens with zero attached hydrogens (tertiary/aromatic N) is 4. The van der Waals surface area contributed by atoms with Crippen molar-refractivity contribution >= 4 is 17.6 Å². The topological polar surface area (TPSA) is 56.8 Å². The minimum Gasteiger partial charge on any atom is -0.353 e. The highest BCUT2D eigenvalue weighted by atomic mass is 16.2. The molecule has 3 heterocycles. The number of rotatable bonds is 3. The molecule has 1 aromatic heterocycles. The molecule has 2 aromatic rings. The number of piperazine rings is 1. The first kappa shape index (κ1) is 19.4. The number of anilines is 1. The lowest BCUT2D eigenvalue weighted by atomic mass is 9.99. The molecule has 0 saturated carbocycles. The van der Waals surface area contributed by atoms with E-state index in [0.717, 1.165) is 38.4 Å².